The molecule has 0 aliphatic heterocycles. The Morgan fingerprint density at radius 2 is 2.29 bits per heavy atom. The van der Waals surface area contributed by atoms with Gasteiger partial charge in [0.25, 0.3) is 0 Å². The van der Waals surface area contributed by atoms with E-state index in [9.17, 15) is 0 Å². The quantitative estimate of drug-likeness (QED) is 0.900. The first kappa shape index (κ1) is 10.9. The van der Waals surface area contributed by atoms with Gasteiger partial charge in [0.05, 0.1) is 10.7 Å². The van der Waals surface area contributed by atoms with Crippen LogP contribution in [0.25, 0.3) is 11.3 Å². The van der Waals surface area contributed by atoms with Crippen LogP contribution in [-0.4, -0.2) is 16.5 Å². The summed E-state index contributed by atoms with van der Waals surface area (Å²) in [4.78, 5) is 8.79. The van der Waals surface area contributed by atoms with Crippen LogP contribution < -0.4 is 5.73 Å². The second kappa shape index (κ2) is 4.20. The molecule has 88 valence electrons. The van der Waals surface area contributed by atoms with E-state index in [4.69, 9.17) is 5.73 Å². The summed E-state index contributed by atoms with van der Waals surface area (Å²) in [6.07, 6.45) is 7.18. The predicted octanol–water partition coefficient (Wildman–Crippen LogP) is 2.49. The van der Waals surface area contributed by atoms with Crippen LogP contribution in [-0.2, 0) is 6.42 Å². The first-order chi connectivity index (χ1) is 8.31. The highest BCUT2D eigenvalue weighted by Crippen LogP contribution is 2.47. The van der Waals surface area contributed by atoms with Crippen molar-refractivity contribution in [2.24, 2.45) is 11.1 Å². The minimum absolute atomic E-state index is 0.365. The highest BCUT2D eigenvalue weighted by Gasteiger charge is 2.41. The fourth-order valence-corrected chi connectivity index (χ4v) is 2.97. The molecule has 1 aliphatic carbocycles. The lowest BCUT2D eigenvalue weighted by Gasteiger charge is -2.08. The molecule has 0 bridgehead atoms. The van der Waals surface area contributed by atoms with Gasteiger partial charge in [-0.25, -0.2) is 4.98 Å². The van der Waals surface area contributed by atoms with Gasteiger partial charge in [-0.3, -0.25) is 4.98 Å². The summed E-state index contributed by atoms with van der Waals surface area (Å²) in [7, 11) is 0. The smallest absolute Gasteiger partial charge is 0.0938 e. The van der Waals surface area contributed by atoms with E-state index in [2.05, 4.69) is 15.3 Å². The van der Waals surface area contributed by atoms with Gasteiger partial charge in [0.2, 0.25) is 0 Å². The second-order valence-electron chi connectivity index (χ2n) is 4.75. The lowest BCUT2D eigenvalue weighted by Crippen LogP contribution is -2.17. The summed E-state index contributed by atoms with van der Waals surface area (Å²) < 4.78 is 0. The molecule has 0 spiro atoms. The van der Waals surface area contributed by atoms with Crippen molar-refractivity contribution >= 4 is 11.3 Å². The molecule has 0 amide bonds. The van der Waals surface area contributed by atoms with Gasteiger partial charge in [0, 0.05) is 29.8 Å². The van der Waals surface area contributed by atoms with Gasteiger partial charge in [0.15, 0.2) is 0 Å². The monoisotopic (exact) mass is 245 g/mol. The first-order valence-electron chi connectivity index (χ1n) is 5.86. The summed E-state index contributed by atoms with van der Waals surface area (Å²) in [6.45, 7) is 0.787. The van der Waals surface area contributed by atoms with Crippen LogP contribution in [0.15, 0.2) is 29.9 Å². The molecule has 1 fully saturated rings. The van der Waals surface area contributed by atoms with Crippen molar-refractivity contribution < 1.29 is 0 Å². The topological polar surface area (TPSA) is 51.8 Å². The van der Waals surface area contributed by atoms with Crippen molar-refractivity contribution in [3.8, 4) is 11.3 Å². The molecule has 1 saturated carbocycles. The van der Waals surface area contributed by atoms with Gasteiger partial charge in [0.1, 0.15) is 0 Å². The molecular weight excluding hydrogens is 230 g/mol. The Morgan fingerprint density at radius 1 is 1.41 bits per heavy atom. The molecule has 0 atom stereocenters. The van der Waals surface area contributed by atoms with Gasteiger partial charge in [-0.15, -0.1) is 11.3 Å². The van der Waals surface area contributed by atoms with Gasteiger partial charge >= 0.3 is 0 Å². The Kier molecular flexibility index (Phi) is 2.68. The molecule has 0 unspecified atom stereocenters. The van der Waals surface area contributed by atoms with E-state index in [0.717, 1.165) is 24.2 Å². The molecule has 2 aromatic rings. The third-order valence-electron chi connectivity index (χ3n) is 3.43. The Hall–Kier alpha value is -1.26. The van der Waals surface area contributed by atoms with E-state index in [-0.39, 0.29) is 0 Å². The summed E-state index contributed by atoms with van der Waals surface area (Å²) >= 11 is 1.73. The molecule has 0 saturated heterocycles. The van der Waals surface area contributed by atoms with Crippen molar-refractivity contribution in [1.29, 1.82) is 0 Å². The van der Waals surface area contributed by atoms with Crippen molar-refractivity contribution in [1.82, 2.24) is 9.97 Å². The molecule has 2 aromatic heterocycles. The SMILES string of the molecule is NCC1(Cc2nc(-c3cccnc3)cs2)CC1. The molecule has 1 aliphatic rings. The lowest BCUT2D eigenvalue weighted by molar-refractivity contribution is 0.520. The number of nitrogens with zero attached hydrogens (tertiary/aromatic N) is 2. The van der Waals surface area contributed by atoms with Crippen molar-refractivity contribution in [2.45, 2.75) is 19.3 Å². The van der Waals surface area contributed by atoms with E-state index < -0.39 is 0 Å². The van der Waals surface area contributed by atoms with E-state index in [1.807, 2.05) is 18.3 Å². The summed E-state index contributed by atoms with van der Waals surface area (Å²) in [5.41, 5.74) is 8.29. The van der Waals surface area contributed by atoms with Crippen molar-refractivity contribution in [3.63, 3.8) is 0 Å². The normalized spacial score (nSPS) is 17.0. The third-order valence-corrected chi connectivity index (χ3v) is 4.27. The van der Waals surface area contributed by atoms with E-state index in [1.54, 1.807) is 17.5 Å². The summed E-state index contributed by atoms with van der Waals surface area (Å²) in [5, 5.41) is 3.31. The number of thiazole rings is 1. The number of hydrogen-bond acceptors (Lipinski definition) is 4. The first-order valence-corrected chi connectivity index (χ1v) is 6.74. The number of nitrogens with two attached hydrogens (primary N) is 1. The highest BCUT2D eigenvalue weighted by molar-refractivity contribution is 7.09. The lowest BCUT2D eigenvalue weighted by atomic mass is 10.0. The molecule has 3 nitrogen and oxygen atoms in total. The van der Waals surface area contributed by atoms with Crippen LogP contribution in [0.1, 0.15) is 17.8 Å². The Balaban J connectivity index is 1.79. The zero-order chi connectivity index (χ0) is 11.7. The van der Waals surface area contributed by atoms with Crippen LogP contribution in [0.5, 0.6) is 0 Å². The van der Waals surface area contributed by atoms with Crippen LogP contribution in [0.4, 0.5) is 0 Å². The molecule has 3 rings (SSSR count). The maximum Gasteiger partial charge on any atom is 0.0938 e. The van der Waals surface area contributed by atoms with E-state index >= 15 is 0 Å². The third kappa shape index (κ3) is 2.23. The number of hydrogen-bond donors (Lipinski definition) is 1. The van der Waals surface area contributed by atoms with E-state index in [0.29, 0.717) is 5.41 Å². The average Bonchev–Trinajstić information content (AvgIpc) is 3.00. The standard InChI is InChI=1S/C13H15N3S/c14-9-13(3-4-13)6-12-16-11(8-17-12)10-2-1-5-15-7-10/h1-2,5,7-8H,3-4,6,9,14H2. The van der Waals surface area contributed by atoms with Crippen LogP contribution >= 0.6 is 11.3 Å². The number of pyridine rings is 1. The van der Waals surface area contributed by atoms with E-state index in [1.165, 1.54) is 17.8 Å². The Morgan fingerprint density at radius 3 is 2.94 bits per heavy atom. The second-order valence-corrected chi connectivity index (χ2v) is 5.69. The molecule has 2 heterocycles. The predicted molar refractivity (Wildman–Crippen MR) is 69.8 cm³/mol. The van der Waals surface area contributed by atoms with Crippen LogP contribution in [0, 0.1) is 5.41 Å². The minimum Gasteiger partial charge on any atom is -0.330 e. The fourth-order valence-electron chi connectivity index (χ4n) is 1.99. The van der Waals surface area contributed by atoms with Gasteiger partial charge < -0.3 is 5.73 Å². The zero-order valence-corrected chi connectivity index (χ0v) is 10.4. The van der Waals surface area contributed by atoms with Crippen molar-refractivity contribution in [2.75, 3.05) is 6.54 Å². The molecule has 2 N–H and O–H groups in total. The highest BCUT2D eigenvalue weighted by atomic mass is 32.1. The molecular formula is C13H15N3S. The maximum atomic E-state index is 5.80. The molecule has 4 heteroatoms. The van der Waals surface area contributed by atoms with Crippen LogP contribution in [0.2, 0.25) is 0 Å². The molecule has 17 heavy (non-hydrogen) atoms. The van der Waals surface area contributed by atoms with Gasteiger partial charge in [-0.05, 0) is 36.9 Å². The summed E-state index contributed by atoms with van der Waals surface area (Å²) in [5.74, 6) is 0. The largest absolute Gasteiger partial charge is 0.330 e. The Labute approximate surface area is 105 Å². The Bertz CT molecular complexity index is 502. The van der Waals surface area contributed by atoms with Gasteiger partial charge in [-0.2, -0.15) is 0 Å². The number of rotatable bonds is 4. The minimum atomic E-state index is 0.365. The molecule has 0 radical (unpaired) electrons. The van der Waals surface area contributed by atoms with Crippen molar-refractivity contribution in [3.05, 3.63) is 34.9 Å². The molecule has 0 aromatic carbocycles. The van der Waals surface area contributed by atoms with Crippen LogP contribution in [0.3, 0.4) is 0 Å². The zero-order valence-electron chi connectivity index (χ0n) is 9.60. The average molecular weight is 245 g/mol. The fraction of sp³-hybridized carbons (Fsp3) is 0.385. The maximum absolute atomic E-state index is 5.80. The summed E-state index contributed by atoms with van der Waals surface area (Å²) in [6, 6.07) is 3.98. The van der Waals surface area contributed by atoms with Gasteiger partial charge in [-0.1, -0.05) is 0 Å². The number of aromatic nitrogens is 2.